The zero-order valence-electron chi connectivity index (χ0n) is 8.72. The van der Waals surface area contributed by atoms with E-state index in [9.17, 15) is 0 Å². The van der Waals surface area contributed by atoms with Crippen molar-refractivity contribution in [3.8, 4) is 11.8 Å². The first-order valence-corrected chi connectivity index (χ1v) is 4.27. The van der Waals surface area contributed by atoms with Crippen molar-refractivity contribution in [3.05, 3.63) is 48.5 Å². The number of allylic oxidation sites excluding steroid dienone is 4. The molecule has 0 amide bonds. The van der Waals surface area contributed by atoms with Crippen LogP contribution >= 0.6 is 0 Å². The van der Waals surface area contributed by atoms with Crippen LogP contribution in [-0.4, -0.2) is 0 Å². The van der Waals surface area contributed by atoms with Crippen LogP contribution in [0.15, 0.2) is 48.5 Å². The Hall–Kier alpha value is -1.88. The van der Waals surface area contributed by atoms with Crippen LogP contribution in [0.3, 0.4) is 0 Å². The summed E-state index contributed by atoms with van der Waals surface area (Å²) in [6, 6.07) is 0. The van der Waals surface area contributed by atoms with Crippen LogP contribution in [0.1, 0.15) is 13.8 Å². The van der Waals surface area contributed by atoms with E-state index in [0.29, 0.717) is 11.4 Å². The van der Waals surface area contributed by atoms with Crippen molar-refractivity contribution in [1.29, 1.82) is 0 Å². The Morgan fingerprint density at radius 2 is 2.00 bits per heavy atom. The van der Waals surface area contributed by atoms with Gasteiger partial charge in [-0.05, 0) is 31.9 Å². The minimum absolute atomic E-state index is 0.512. The maximum atomic E-state index is 5.40. The first-order chi connectivity index (χ1) is 6.60. The molecule has 0 aliphatic heterocycles. The molecule has 0 bridgehead atoms. The molecule has 0 rings (SSSR count). The third-order valence-electron chi connectivity index (χ3n) is 1.36. The first kappa shape index (κ1) is 12.1. The molecule has 3 N–H and O–H groups in total. The third kappa shape index (κ3) is 5.73. The Labute approximate surface area is 85.9 Å². The van der Waals surface area contributed by atoms with Gasteiger partial charge in [0, 0.05) is 11.4 Å². The van der Waals surface area contributed by atoms with Gasteiger partial charge in [0.1, 0.15) is 0 Å². The Balaban J connectivity index is 4.37. The maximum absolute atomic E-state index is 5.40. The van der Waals surface area contributed by atoms with Gasteiger partial charge in [0.05, 0.1) is 5.70 Å². The third-order valence-corrected chi connectivity index (χ3v) is 1.36. The summed E-state index contributed by atoms with van der Waals surface area (Å²) in [6.45, 7) is 11.0. The minimum Gasteiger partial charge on any atom is -0.399 e. The van der Waals surface area contributed by atoms with E-state index >= 15 is 0 Å². The standard InChI is InChI=1S/C12H16N2/c1-5-7-11(4)14-12(6-2)9-8-10(3)13/h6,8-9,14H,3-4,13H2,1-2H3/b9-8-,12-6+. The summed E-state index contributed by atoms with van der Waals surface area (Å²) in [4.78, 5) is 0. The molecule has 0 aromatic heterocycles. The molecule has 2 nitrogen and oxygen atoms in total. The van der Waals surface area contributed by atoms with Crippen molar-refractivity contribution < 1.29 is 0 Å². The molecular formula is C12H16N2. The van der Waals surface area contributed by atoms with E-state index in [-0.39, 0.29) is 0 Å². The molecule has 2 heteroatoms. The molecular weight excluding hydrogens is 172 g/mol. The van der Waals surface area contributed by atoms with E-state index in [2.05, 4.69) is 30.3 Å². The van der Waals surface area contributed by atoms with Crippen LogP contribution in [0.25, 0.3) is 0 Å². The van der Waals surface area contributed by atoms with Crippen molar-refractivity contribution in [2.45, 2.75) is 13.8 Å². The maximum Gasteiger partial charge on any atom is 0.0824 e. The van der Waals surface area contributed by atoms with Gasteiger partial charge in [-0.2, -0.15) is 0 Å². The van der Waals surface area contributed by atoms with Gasteiger partial charge in [0.25, 0.3) is 0 Å². The van der Waals surface area contributed by atoms with Crippen LogP contribution < -0.4 is 11.1 Å². The van der Waals surface area contributed by atoms with E-state index in [1.54, 1.807) is 13.0 Å². The van der Waals surface area contributed by atoms with E-state index < -0.39 is 0 Å². The number of hydrogen-bond donors (Lipinski definition) is 2. The Morgan fingerprint density at radius 1 is 1.36 bits per heavy atom. The topological polar surface area (TPSA) is 38.0 Å². The van der Waals surface area contributed by atoms with Gasteiger partial charge in [-0.25, -0.2) is 0 Å². The highest BCUT2D eigenvalue weighted by Gasteiger charge is 1.90. The molecule has 0 aliphatic rings. The molecule has 74 valence electrons. The summed E-state index contributed by atoms with van der Waals surface area (Å²) in [5.74, 6) is 5.57. The smallest absolute Gasteiger partial charge is 0.0824 e. The first-order valence-electron chi connectivity index (χ1n) is 4.27. The number of rotatable bonds is 4. The lowest BCUT2D eigenvalue weighted by molar-refractivity contribution is 1.06. The van der Waals surface area contributed by atoms with Crippen molar-refractivity contribution in [2.75, 3.05) is 0 Å². The van der Waals surface area contributed by atoms with Crippen LogP contribution in [-0.2, 0) is 0 Å². The highest BCUT2D eigenvalue weighted by molar-refractivity contribution is 5.32. The summed E-state index contributed by atoms with van der Waals surface area (Å²) >= 11 is 0. The minimum atomic E-state index is 0.512. The second-order valence-corrected chi connectivity index (χ2v) is 2.63. The van der Waals surface area contributed by atoms with Crippen molar-refractivity contribution in [2.24, 2.45) is 5.73 Å². The molecule has 0 saturated carbocycles. The quantitative estimate of drug-likeness (QED) is 0.523. The molecule has 0 spiro atoms. The Kier molecular flexibility index (Phi) is 5.73. The largest absolute Gasteiger partial charge is 0.399 e. The van der Waals surface area contributed by atoms with E-state index in [4.69, 9.17) is 5.73 Å². The normalized spacial score (nSPS) is 10.6. The lowest BCUT2D eigenvalue weighted by Gasteiger charge is -2.04. The fourth-order valence-corrected chi connectivity index (χ4v) is 0.763. The molecule has 0 unspecified atom stereocenters. The molecule has 0 aromatic rings. The van der Waals surface area contributed by atoms with E-state index in [1.807, 2.05) is 19.1 Å². The molecule has 0 fully saturated rings. The van der Waals surface area contributed by atoms with Crippen molar-refractivity contribution in [3.63, 3.8) is 0 Å². The zero-order valence-corrected chi connectivity index (χ0v) is 8.72. The summed E-state index contributed by atoms with van der Waals surface area (Å²) < 4.78 is 0. The molecule has 0 radical (unpaired) electrons. The van der Waals surface area contributed by atoms with Crippen LogP contribution in [0.2, 0.25) is 0 Å². The molecule has 0 heterocycles. The summed E-state index contributed by atoms with van der Waals surface area (Å²) in [5.41, 5.74) is 7.46. The summed E-state index contributed by atoms with van der Waals surface area (Å²) in [6.07, 6.45) is 5.45. The highest BCUT2D eigenvalue weighted by atomic mass is 14.9. The van der Waals surface area contributed by atoms with Gasteiger partial charge < -0.3 is 11.1 Å². The zero-order chi connectivity index (χ0) is 11.0. The lowest BCUT2D eigenvalue weighted by Crippen LogP contribution is -2.08. The average Bonchev–Trinajstić information content (AvgIpc) is 2.12. The number of nitrogens with two attached hydrogens (primary N) is 1. The molecule has 0 aromatic carbocycles. The predicted molar refractivity (Wildman–Crippen MR) is 62.0 cm³/mol. The van der Waals surface area contributed by atoms with Gasteiger partial charge in [-0.3, -0.25) is 0 Å². The van der Waals surface area contributed by atoms with Gasteiger partial charge in [0.15, 0.2) is 0 Å². The molecule has 0 aliphatic carbocycles. The monoisotopic (exact) mass is 188 g/mol. The van der Waals surface area contributed by atoms with Crippen molar-refractivity contribution in [1.82, 2.24) is 5.32 Å². The second kappa shape index (κ2) is 6.62. The number of nitrogens with one attached hydrogen (secondary N) is 1. The summed E-state index contributed by atoms with van der Waals surface area (Å²) in [7, 11) is 0. The van der Waals surface area contributed by atoms with Gasteiger partial charge in [-0.1, -0.05) is 25.2 Å². The fourth-order valence-electron chi connectivity index (χ4n) is 0.763. The predicted octanol–water partition coefficient (Wildman–Crippen LogP) is 2.05. The fraction of sp³-hybridized carbons (Fsp3) is 0.167. The van der Waals surface area contributed by atoms with Crippen LogP contribution in [0.4, 0.5) is 0 Å². The molecule has 0 atom stereocenters. The number of hydrogen-bond acceptors (Lipinski definition) is 2. The Bertz CT molecular complexity index is 335. The summed E-state index contributed by atoms with van der Waals surface area (Å²) in [5, 5.41) is 3.03. The second-order valence-electron chi connectivity index (χ2n) is 2.63. The van der Waals surface area contributed by atoms with Gasteiger partial charge >= 0.3 is 0 Å². The van der Waals surface area contributed by atoms with Gasteiger partial charge in [-0.15, -0.1) is 0 Å². The Morgan fingerprint density at radius 3 is 2.43 bits per heavy atom. The van der Waals surface area contributed by atoms with Crippen molar-refractivity contribution >= 4 is 0 Å². The average molecular weight is 188 g/mol. The molecule has 14 heavy (non-hydrogen) atoms. The SMILES string of the molecule is C=C(N)/C=C\C(=C/C)NC(=C)C#CC. The molecule has 0 saturated heterocycles. The van der Waals surface area contributed by atoms with Gasteiger partial charge in [0.2, 0.25) is 0 Å². The van der Waals surface area contributed by atoms with Crippen LogP contribution in [0, 0.1) is 11.8 Å². The van der Waals surface area contributed by atoms with Crippen LogP contribution in [0.5, 0.6) is 0 Å². The van der Waals surface area contributed by atoms with E-state index in [0.717, 1.165) is 5.70 Å². The lowest BCUT2D eigenvalue weighted by atomic mass is 10.3. The highest BCUT2D eigenvalue weighted by Crippen LogP contribution is 1.96. The van der Waals surface area contributed by atoms with E-state index in [1.165, 1.54) is 0 Å².